The number of hydrogen-bond acceptors (Lipinski definition) is 3. The van der Waals surface area contributed by atoms with Crippen molar-refractivity contribution < 1.29 is 31.5 Å². The van der Waals surface area contributed by atoms with Crippen molar-refractivity contribution >= 4 is 16.0 Å². The molecular formula is C15H18F3NO4S. The van der Waals surface area contributed by atoms with E-state index in [-0.39, 0.29) is 24.6 Å². The summed E-state index contributed by atoms with van der Waals surface area (Å²) in [5.41, 5.74) is -0.888. The molecule has 2 atom stereocenters. The van der Waals surface area contributed by atoms with E-state index in [0.29, 0.717) is 6.42 Å². The highest BCUT2D eigenvalue weighted by molar-refractivity contribution is 7.88. The van der Waals surface area contributed by atoms with Gasteiger partial charge >= 0.3 is 12.1 Å². The van der Waals surface area contributed by atoms with Gasteiger partial charge in [0.1, 0.15) is 0 Å². The van der Waals surface area contributed by atoms with E-state index in [0.717, 1.165) is 22.5 Å². The Bertz CT molecular complexity index is 718. The van der Waals surface area contributed by atoms with Crippen molar-refractivity contribution in [3.63, 3.8) is 0 Å². The molecule has 1 heterocycles. The topological polar surface area (TPSA) is 74.7 Å². The number of piperidine rings is 1. The van der Waals surface area contributed by atoms with Gasteiger partial charge in [0.2, 0.25) is 10.0 Å². The van der Waals surface area contributed by atoms with E-state index in [9.17, 15) is 26.4 Å². The third kappa shape index (κ3) is 4.47. The molecule has 1 saturated heterocycles. The Morgan fingerprint density at radius 3 is 2.58 bits per heavy atom. The molecule has 9 heteroatoms. The fraction of sp³-hybridized carbons (Fsp3) is 0.533. The van der Waals surface area contributed by atoms with Crippen LogP contribution >= 0.6 is 0 Å². The highest BCUT2D eigenvalue weighted by Gasteiger charge is 2.36. The maximum absolute atomic E-state index is 12.7. The van der Waals surface area contributed by atoms with Crippen LogP contribution in [-0.4, -0.2) is 36.9 Å². The van der Waals surface area contributed by atoms with E-state index >= 15 is 0 Å². The van der Waals surface area contributed by atoms with Crippen molar-refractivity contribution in [1.82, 2.24) is 4.31 Å². The maximum Gasteiger partial charge on any atom is 0.416 e. The first kappa shape index (κ1) is 18.7. The quantitative estimate of drug-likeness (QED) is 0.890. The van der Waals surface area contributed by atoms with Crippen LogP contribution in [0, 0.1) is 11.8 Å². The summed E-state index contributed by atoms with van der Waals surface area (Å²) in [7, 11) is -3.90. The molecule has 0 saturated carbocycles. The Balaban J connectivity index is 2.20. The van der Waals surface area contributed by atoms with Gasteiger partial charge in [0.25, 0.3) is 0 Å². The summed E-state index contributed by atoms with van der Waals surface area (Å²) in [5.74, 6) is -2.59. The van der Waals surface area contributed by atoms with E-state index in [2.05, 4.69) is 0 Å². The summed E-state index contributed by atoms with van der Waals surface area (Å²) in [6.07, 6.45) is -4.17. The normalized spacial score (nSPS) is 23.2. The van der Waals surface area contributed by atoms with Crippen LogP contribution in [0.2, 0.25) is 0 Å². The van der Waals surface area contributed by atoms with E-state index in [4.69, 9.17) is 5.11 Å². The zero-order valence-corrected chi connectivity index (χ0v) is 13.8. The average molecular weight is 365 g/mol. The van der Waals surface area contributed by atoms with Crippen LogP contribution in [0.3, 0.4) is 0 Å². The third-order valence-corrected chi connectivity index (χ3v) is 5.76. The van der Waals surface area contributed by atoms with Gasteiger partial charge in [-0.15, -0.1) is 0 Å². The number of alkyl halides is 3. The third-order valence-electron chi connectivity index (χ3n) is 3.97. The lowest BCUT2D eigenvalue weighted by Gasteiger charge is -2.33. The van der Waals surface area contributed by atoms with Gasteiger partial charge in [-0.3, -0.25) is 4.79 Å². The Morgan fingerprint density at radius 2 is 2.00 bits per heavy atom. The Morgan fingerprint density at radius 1 is 1.33 bits per heavy atom. The summed E-state index contributed by atoms with van der Waals surface area (Å²) in [6, 6.07) is 4.15. The Labute approximate surface area is 138 Å². The summed E-state index contributed by atoms with van der Waals surface area (Å²) >= 11 is 0. The highest BCUT2D eigenvalue weighted by Crippen LogP contribution is 2.30. The van der Waals surface area contributed by atoms with Crippen molar-refractivity contribution in [2.45, 2.75) is 25.3 Å². The first-order chi connectivity index (χ1) is 11.0. The second-order valence-electron chi connectivity index (χ2n) is 6.15. The molecule has 0 aromatic heterocycles. The Hall–Kier alpha value is -1.61. The fourth-order valence-electron chi connectivity index (χ4n) is 2.85. The number of rotatable bonds is 4. The molecule has 1 aliphatic heterocycles. The van der Waals surface area contributed by atoms with Crippen molar-refractivity contribution in [1.29, 1.82) is 0 Å². The molecule has 1 N–H and O–H groups in total. The van der Waals surface area contributed by atoms with Crippen LogP contribution in [0.1, 0.15) is 24.5 Å². The van der Waals surface area contributed by atoms with Crippen LogP contribution < -0.4 is 0 Å². The monoisotopic (exact) mass is 365 g/mol. The lowest BCUT2D eigenvalue weighted by atomic mass is 9.92. The number of aliphatic carboxylic acids is 1. The molecule has 1 aromatic carbocycles. The largest absolute Gasteiger partial charge is 0.481 e. The molecule has 2 unspecified atom stereocenters. The number of carbonyl (C=O) groups is 1. The average Bonchev–Trinajstić information content (AvgIpc) is 2.45. The summed E-state index contributed by atoms with van der Waals surface area (Å²) in [5, 5.41) is 9.11. The number of halogens is 3. The van der Waals surface area contributed by atoms with Crippen molar-refractivity contribution in [3.8, 4) is 0 Å². The van der Waals surface area contributed by atoms with Crippen LogP contribution in [0.15, 0.2) is 24.3 Å². The lowest BCUT2D eigenvalue weighted by Crippen LogP contribution is -2.45. The van der Waals surface area contributed by atoms with E-state index in [1.54, 1.807) is 6.92 Å². The zero-order chi connectivity index (χ0) is 18.1. The van der Waals surface area contributed by atoms with Gasteiger partial charge in [0, 0.05) is 13.1 Å². The highest BCUT2D eigenvalue weighted by atomic mass is 32.2. The molecule has 0 bridgehead atoms. The first-order valence-corrected chi connectivity index (χ1v) is 8.96. The smallest absolute Gasteiger partial charge is 0.416 e. The summed E-state index contributed by atoms with van der Waals surface area (Å²) in [4.78, 5) is 11.1. The molecule has 0 aliphatic carbocycles. The van der Waals surface area contributed by atoms with Gasteiger partial charge in [-0.2, -0.15) is 13.2 Å². The Kier molecular flexibility index (Phi) is 5.24. The van der Waals surface area contributed by atoms with Gasteiger partial charge < -0.3 is 5.11 Å². The predicted molar refractivity (Wildman–Crippen MR) is 80.5 cm³/mol. The second kappa shape index (κ2) is 6.72. The molecule has 2 rings (SSSR count). The first-order valence-electron chi connectivity index (χ1n) is 7.36. The van der Waals surface area contributed by atoms with Crippen LogP contribution in [-0.2, 0) is 26.7 Å². The van der Waals surface area contributed by atoms with Crippen molar-refractivity contribution in [3.05, 3.63) is 35.4 Å². The maximum atomic E-state index is 12.7. The number of nitrogens with zero attached hydrogens (tertiary/aromatic N) is 1. The van der Waals surface area contributed by atoms with E-state index < -0.39 is 39.4 Å². The zero-order valence-electron chi connectivity index (χ0n) is 13.0. The van der Waals surface area contributed by atoms with Crippen LogP contribution in [0.5, 0.6) is 0 Å². The van der Waals surface area contributed by atoms with E-state index in [1.807, 2.05) is 0 Å². The molecule has 24 heavy (non-hydrogen) atoms. The minimum atomic E-state index is -4.55. The second-order valence-corrected chi connectivity index (χ2v) is 8.12. The summed E-state index contributed by atoms with van der Waals surface area (Å²) < 4.78 is 64.2. The minimum Gasteiger partial charge on any atom is -0.481 e. The fourth-order valence-corrected chi connectivity index (χ4v) is 4.52. The lowest BCUT2D eigenvalue weighted by molar-refractivity contribution is -0.143. The molecule has 0 amide bonds. The van der Waals surface area contributed by atoms with Gasteiger partial charge in [-0.1, -0.05) is 25.1 Å². The van der Waals surface area contributed by atoms with Gasteiger partial charge in [-0.25, -0.2) is 12.7 Å². The molecular weight excluding hydrogens is 347 g/mol. The summed E-state index contributed by atoms with van der Waals surface area (Å²) in [6.45, 7) is 1.77. The van der Waals surface area contributed by atoms with Gasteiger partial charge in [0.15, 0.2) is 0 Å². The molecule has 134 valence electrons. The number of sulfonamides is 1. The molecule has 5 nitrogen and oxygen atoms in total. The minimum absolute atomic E-state index is 0.0231. The predicted octanol–water partition coefficient (Wildman–Crippen LogP) is 2.58. The van der Waals surface area contributed by atoms with Gasteiger partial charge in [-0.05, 0) is 24.0 Å². The van der Waals surface area contributed by atoms with Crippen LogP contribution in [0.4, 0.5) is 13.2 Å². The number of carboxylic acid groups (broad SMARTS) is 1. The molecule has 0 radical (unpaired) electrons. The van der Waals surface area contributed by atoms with Crippen molar-refractivity contribution in [2.24, 2.45) is 11.8 Å². The van der Waals surface area contributed by atoms with Crippen LogP contribution in [0.25, 0.3) is 0 Å². The molecule has 1 fully saturated rings. The standard InChI is InChI=1S/C15H18F3NO4S/c1-10-5-12(14(20)21)8-19(7-10)24(22,23)9-11-3-2-4-13(6-11)15(16,17)18/h2-4,6,10,12H,5,7-9H2,1H3,(H,20,21). The van der Waals surface area contributed by atoms with E-state index in [1.165, 1.54) is 6.07 Å². The molecule has 0 spiro atoms. The van der Waals surface area contributed by atoms with Gasteiger partial charge in [0.05, 0.1) is 17.2 Å². The molecule has 1 aliphatic rings. The number of carboxylic acids is 1. The number of hydrogen-bond donors (Lipinski definition) is 1. The molecule has 1 aromatic rings. The SMILES string of the molecule is CC1CC(C(=O)O)CN(S(=O)(=O)Cc2cccc(C(F)(F)F)c2)C1. The number of benzene rings is 1. The van der Waals surface area contributed by atoms with Crippen molar-refractivity contribution in [2.75, 3.05) is 13.1 Å².